The largest absolute Gasteiger partial charge is 0.452 e. The molecule has 3 rings (SSSR count). The molecule has 8 heteroatoms. The fraction of sp³-hybridized carbons (Fsp3) is 0.0526. The number of hydrogen-bond acceptors (Lipinski definition) is 6. The van der Waals surface area contributed by atoms with Crippen LogP contribution in [0.25, 0.3) is 11.8 Å². The van der Waals surface area contributed by atoms with E-state index < -0.39 is 18.5 Å². The van der Waals surface area contributed by atoms with Crippen molar-refractivity contribution in [3.05, 3.63) is 70.6 Å². The quantitative estimate of drug-likeness (QED) is 0.525. The summed E-state index contributed by atoms with van der Waals surface area (Å²) in [4.78, 5) is 24.7. The number of nitrogens with one attached hydrogen (secondary N) is 1. The lowest BCUT2D eigenvalue weighted by atomic mass is 10.3. The van der Waals surface area contributed by atoms with Crippen LogP contribution in [0.1, 0.15) is 10.4 Å². The molecule has 0 unspecified atom stereocenters. The molecule has 0 saturated heterocycles. The fourth-order valence-electron chi connectivity index (χ4n) is 2.20. The monoisotopic (exact) mass is 378 g/mol. The normalized spacial score (nSPS) is 10.5. The molecule has 0 radical (unpaired) electrons. The van der Waals surface area contributed by atoms with Gasteiger partial charge >= 0.3 is 5.97 Å². The van der Waals surface area contributed by atoms with Crippen molar-refractivity contribution in [1.82, 2.24) is 9.78 Å². The van der Waals surface area contributed by atoms with Gasteiger partial charge in [0.05, 0.1) is 11.9 Å². The second-order valence-electron chi connectivity index (χ2n) is 5.27. The Morgan fingerprint density at radius 3 is 2.78 bits per heavy atom. The minimum atomic E-state index is -0.629. The van der Waals surface area contributed by atoms with Crippen molar-refractivity contribution < 1.29 is 14.3 Å². The molecule has 2 heterocycles. The fourth-order valence-corrected chi connectivity index (χ4v) is 2.82. The molecular weight excluding hydrogens is 364 g/mol. The molecule has 0 aliphatic rings. The van der Waals surface area contributed by atoms with Gasteiger partial charge in [0.2, 0.25) is 0 Å². The standard InChI is InChI=1S/C19H14N4O3S/c20-11-14-12-21-23(15-5-2-1-3-6-15)19(14)22-17(24)13-26-18(25)9-8-16-7-4-10-27-16/h1-10,12H,13H2,(H,22,24)/b9-8+. The first-order valence-corrected chi connectivity index (χ1v) is 8.77. The Morgan fingerprint density at radius 2 is 2.07 bits per heavy atom. The number of carbonyl (C=O) groups excluding carboxylic acids is 2. The molecule has 0 saturated carbocycles. The Hall–Kier alpha value is -3.70. The lowest BCUT2D eigenvalue weighted by molar-refractivity contribution is -0.142. The summed E-state index contributed by atoms with van der Waals surface area (Å²) in [6.45, 7) is -0.474. The molecule has 0 fully saturated rings. The molecule has 0 aliphatic carbocycles. The van der Waals surface area contributed by atoms with E-state index in [9.17, 15) is 14.9 Å². The van der Waals surface area contributed by atoms with Crippen molar-refractivity contribution in [3.8, 4) is 11.8 Å². The molecule has 1 N–H and O–H groups in total. The van der Waals surface area contributed by atoms with Crippen LogP contribution in [-0.2, 0) is 14.3 Å². The van der Waals surface area contributed by atoms with Crippen LogP contribution >= 0.6 is 11.3 Å². The summed E-state index contributed by atoms with van der Waals surface area (Å²) >= 11 is 1.48. The van der Waals surface area contributed by atoms with Gasteiger partial charge < -0.3 is 10.1 Å². The van der Waals surface area contributed by atoms with Gasteiger partial charge in [-0.2, -0.15) is 10.4 Å². The molecule has 0 spiro atoms. The average Bonchev–Trinajstić information content (AvgIpc) is 3.35. The zero-order valence-corrected chi connectivity index (χ0v) is 14.8. The number of aromatic nitrogens is 2. The SMILES string of the molecule is N#Cc1cnn(-c2ccccc2)c1NC(=O)COC(=O)/C=C/c1cccs1. The molecular formula is C19H14N4O3S. The summed E-state index contributed by atoms with van der Waals surface area (Å²) in [5.41, 5.74) is 0.890. The summed E-state index contributed by atoms with van der Waals surface area (Å²) in [5, 5.41) is 17.8. The number of hydrogen-bond donors (Lipinski definition) is 1. The second kappa shape index (κ2) is 8.60. The minimum Gasteiger partial charge on any atom is -0.452 e. The summed E-state index contributed by atoms with van der Waals surface area (Å²) in [6, 6.07) is 14.8. The molecule has 0 bridgehead atoms. The predicted octanol–water partition coefficient (Wildman–Crippen LogP) is 3.00. The van der Waals surface area contributed by atoms with Crippen LogP contribution < -0.4 is 5.32 Å². The molecule has 2 aromatic heterocycles. The molecule has 134 valence electrons. The minimum absolute atomic E-state index is 0.205. The van der Waals surface area contributed by atoms with E-state index in [0.717, 1.165) is 4.88 Å². The van der Waals surface area contributed by atoms with Gasteiger partial charge in [-0.1, -0.05) is 24.3 Å². The molecule has 7 nitrogen and oxygen atoms in total. The Morgan fingerprint density at radius 1 is 1.26 bits per heavy atom. The first kappa shape index (κ1) is 18.1. The Kier molecular flexibility index (Phi) is 5.77. The highest BCUT2D eigenvalue weighted by atomic mass is 32.1. The number of ether oxygens (including phenoxy) is 1. The van der Waals surface area contributed by atoms with Gasteiger partial charge in [0.1, 0.15) is 11.6 Å². The Bertz CT molecular complexity index is 1000. The van der Waals surface area contributed by atoms with Gasteiger partial charge in [-0.25, -0.2) is 9.48 Å². The van der Waals surface area contributed by atoms with Gasteiger partial charge in [-0.15, -0.1) is 11.3 Å². The van der Waals surface area contributed by atoms with E-state index in [4.69, 9.17) is 4.74 Å². The van der Waals surface area contributed by atoms with Crippen molar-refractivity contribution in [2.24, 2.45) is 0 Å². The van der Waals surface area contributed by atoms with E-state index in [0.29, 0.717) is 5.69 Å². The number of para-hydroxylation sites is 1. The van der Waals surface area contributed by atoms with Crippen molar-refractivity contribution in [1.29, 1.82) is 5.26 Å². The molecule has 0 aliphatic heterocycles. The zero-order valence-electron chi connectivity index (χ0n) is 14.0. The summed E-state index contributed by atoms with van der Waals surface area (Å²) < 4.78 is 6.36. The molecule has 27 heavy (non-hydrogen) atoms. The maximum atomic E-state index is 12.1. The molecule has 1 aromatic carbocycles. The third-order valence-electron chi connectivity index (χ3n) is 3.42. The average molecular weight is 378 g/mol. The van der Waals surface area contributed by atoms with Crippen LogP contribution in [0.5, 0.6) is 0 Å². The lowest BCUT2D eigenvalue weighted by Gasteiger charge is -2.09. The topological polar surface area (TPSA) is 97.0 Å². The second-order valence-corrected chi connectivity index (χ2v) is 6.25. The number of nitriles is 1. The van der Waals surface area contributed by atoms with Crippen molar-refractivity contribution in [2.75, 3.05) is 11.9 Å². The van der Waals surface area contributed by atoms with Crippen LogP contribution in [-0.4, -0.2) is 28.3 Å². The predicted molar refractivity (Wildman–Crippen MR) is 101 cm³/mol. The maximum absolute atomic E-state index is 12.1. The number of amides is 1. The van der Waals surface area contributed by atoms with Gasteiger partial charge in [-0.3, -0.25) is 4.79 Å². The highest BCUT2D eigenvalue weighted by molar-refractivity contribution is 7.10. The van der Waals surface area contributed by atoms with Gasteiger partial charge in [0.25, 0.3) is 5.91 Å². The van der Waals surface area contributed by atoms with Gasteiger partial charge in [0, 0.05) is 11.0 Å². The third-order valence-corrected chi connectivity index (χ3v) is 4.26. The lowest BCUT2D eigenvalue weighted by Crippen LogP contribution is -2.22. The number of carbonyl (C=O) groups is 2. The van der Waals surface area contributed by atoms with E-state index in [-0.39, 0.29) is 11.4 Å². The van der Waals surface area contributed by atoms with E-state index in [1.165, 1.54) is 28.3 Å². The number of esters is 1. The summed E-state index contributed by atoms with van der Waals surface area (Å²) in [5.74, 6) is -0.975. The van der Waals surface area contributed by atoms with Gasteiger partial charge in [-0.05, 0) is 29.7 Å². The van der Waals surface area contributed by atoms with Crippen LogP contribution in [0, 0.1) is 11.3 Å². The summed E-state index contributed by atoms with van der Waals surface area (Å²) in [6.07, 6.45) is 4.23. The first-order chi connectivity index (χ1) is 13.2. The van der Waals surface area contributed by atoms with Gasteiger partial charge in [0.15, 0.2) is 12.4 Å². The number of rotatable bonds is 6. The molecule has 1 amide bonds. The third kappa shape index (κ3) is 4.68. The number of nitrogens with zero attached hydrogens (tertiary/aromatic N) is 3. The maximum Gasteiger partial charge on any atom is 0.331 e. The molecule has 0 atom stereocenters. The van der Waals surface area contributed by atoms with Crippen LogP contribution in [0.3, 0.4) is 0 Å². The van der Waals surface area contributed by atoms with Crippen LogP contribution in [0.15, 0.2) is 60.1 Å². The van der Waals surface area contributed by atoms with Crippen molar-refractivity contribution in [3.63, 3.8) is 0 Å². The van der Waals surface area contributed by atoms with Crippen LogP contribution in [0.2, 0.25) is 0 Å². The Labute approximate surface area is 159 Å². The first-order valence-electron chi connectivity index (χ1n) is 7.89. The molecule has 3 aromatic rings. The summed E-state index contributed by atoms with van der Waals surface area (Å²) in [7, 11) is 0. The smallest absolute Gasteiger partial charge is 0.331 e. The highest BCUT2D eigenvalue weighted by Crippen LogP contribution is 2.19. The number of benzene rings is 1. The zero-order chi connectivity index (χ0) is 19.1. The Balaban J connectivity index is 1.63. The van der Waals surface area contributed by atoms with E-state index >= 15 is 0 Å². The van der Waals surface area contributed by atoms with Crippen molar-refractivity contribution in [2.45, 2.75) is 0 Å². The van der Waals surface area contributed by atoms with Crippen LogP contribution in [0.4, 0.5) is 5.82 Å². The van der Waals surface area contributed by atoms with E-state index in [2.05, 4.69) is 10.4 Å². The number of thiophene rings is 1. The van der Waals surface area contributed by atoms with E-state index in [1.54, 1.807) is 18.2 Å². The van der Waals surface area contributed by atoms with E-state index in [1.807, 2.05) is 41.8 Å². The highest BCUT2D eigenvalue weighted by Gasteiger charge is 2.15. The van der Waals surface area contributed by atoms with Crippen molar-refractivity contribution >= 4 is 35.1 Å². The number of anilines is 1.